The fourth-order valence-corrected chi connectivity index (χ4v) is 3.96. The number of carbonyl (C=O) groups excluding carboxylic acids is 1. The number of carbonyl (C=O) groups is 1. The summed E-state index contributed by atoms with van der Waals surface area (Å²) in [6, 6.07) is 7.52. The van der Waals surface area contributed by atoms with Gasteiger partial charge in [-0.3, -0.25) is 4.79 Å². The van der Waals surface area contributed by atoms with Crippen molar-refractivity contribution in [1.29, 1.82) is 0 Å². The normalized spacial score (nSPS) is 21.4. The first-order valence-corrected chi connectivity index (χ1v) is 9.85. The van der Waals surface area contributed by atoms with Crippen LogP contribution in [0.15, 0.2) is 30.5 Å². The lowest BCUT2D eigenvalue weighted by Crippen LogP contribution is -2.46. The molecule has 7 nitrogen and oxygen atoms in total. The van der Waals surface area contributed by atoms with Crippen molar-refractivity contribution in [3.63, 3.8) is 0 Å². The predicted octanol–water partition coefficient (Wildman–Crippen LogP) is 2.15. The maximum absolute atomic E-state index is 12.5. The summed E-state index contributed by atoms with van der Waals surface area (Å²) in [5, 5.41) is 11.7. The maximum atomic E-state index is 12.5. The van der Waals surface area contributed by atoms with Crippen molar-refractivity contribution < 1.29 is 9.53 Å². The molecule has 0 radical (unpaired) electrons. The van der Waals surface area contributed by atoms with Crippen molar-refractivity contribution >= 4 is 17.5 Å². The molecule has 1 amide bonds. The van der Waals surface area contributed by atoms with Gasteiger partial charge < -0.3 is 15.0 Å². The zero-order chi connectivity index (χ0) is 18.6. The standard InChI is InChI=1S/C19H24ClN5O2/c20-16-3-1-2-4-18(16)25-12-17(22-23-25)19(26)21-15-5-8-24(9-6-15)11-14-7-10-27-13-14/h1-4,12,14-15H,5-11,13H2,(H,21,26). The van der Waals surface area contributed by atoms with Crippen molar-refractivity contribution in [3.8, 4) is 5.69 Å². The Bertz CT molecular complexity index is 782. The van der Waals surface area contributed by atoms with Gasteiger partial charge in [-0.2, -0.15) is 0 Å². The topological polar surface area (TPSA) is 72.3 Å². The molecule has 2 fully saturated rings. The van der Waals surface area contributed by atoms with E-state index in [2.05, 4.69) is 20.5 Å². The lowest BCUT2D eigenvalue weighted by atomic mass is 10.0. The fraction of sp³-hybridized carbons (Fsp3) is 0.526. The number of halogens is 1. The SMILES string of the molecule is O=C(NC1CCN(CC2CCOC2)CC1)c1cn(-c2ccccc2Cl)nn1. The monoisotopic (exact) mass is 389 g/mol. The molecule has 0 saturated carbocycles. The van der Waals surface area contributed by atoms with Crippen LogP contribution < -0.4 is 5.32 Å². The number of aromatic nitrogens is 3. The molecule has 0 aliphatic carbocycles. The van der Waals surface area contributed by atoms with E-state index in [0.29, 0.717) is 22.3 Å². The minimum atomic E-state index is -0.184. The number of para-hydroxylation sites is 1. The average molecular weight is 390 g/mol. The van der Waals surface area contributed by atoms with E-state index in [1.54, 1.807) is 12.3 Å². The number of amides is 1. The van der Waals surface area contributed by atoms with Gasteiger partial charge in [0, 0.05) is 32.3 Å². The Morgan fingerprint density at radius 1 is 1.26 bits per heavy atom. The third-order valence-electron chi connectivity index (χ3n) is 5.29. The molecule has 1 unspecified atom stereocenters. The third-order valence-corrected chi connectivity index (χ3v) is 5.61. The van der Waals surface area contributed by atoms with Gasteiger partial charge in [-0.15, -0.1) is 5.10 Å². The molecular weight excluding hydrogens is 366 g/mol. The molecule has 1 aromatic carbocycles. The summed E-state index contributed by atoms with van der Waals surface area (Å²) >= 11 is 6.18. The van der Waals surface area contributed by atoms with E-state index < -0.39 is 0 Å². The largest absolute Gasteiger partial charge is 0.381 e. The second-order valence-electron chi connectivity index (χ2n) is 7.28. The minimum Gasteiger partial charge on any atom is -0.381 e. The van der Waals surface area contributed by atoms with Crippen molar-refractivity contribution in [2.24, 2.45) is 5.92 Å². The van der Waals surface area contributed by atoms with E-state index in [0.717, 1.165) is 52.1 Å². The molecule has 8 heteroatoms. The molecule has 1 aromatic heterocycles. The van der Waals surface area contributed by atoms with Gasteiger partial charge in [0.05, 0.1) is 23.5 Å². The van der Waals surface area contributed by atoms with Crippen LogP contribution in [-0.4, -0.2) is 64.7 Å². The molecule has 0 spiro atoms. The smallest absolute Gasteiger partial charge is 0.273 e. The number of hydrogen-bond acceptors (Lipinski definition) is 5. The van der Waals surface area contributed by atoms with Crippen molar-refractivity contribution in [2.75, 3.05) is 32.8 Å². The van der Waals surface area contributed by atoms with Gasteiger partial charge in [0.25, 0.3) is 5.91 Å². The minimum absolute atomic E-state index is 0.180. The molecule has 2 aliphatic heterocycles. The van der Waals surface area contributed by atoms with E-state index >= 15 is 0 Å². The van der Waals surface area contributed by atoms with Gasteiger partial charge in [0.2, 0.25) is 0 Å². The predicted molar refractivity (Wildman–Crippen MR) is 102 cm³/mol. The second kappa shape index (κ2) is 8.37. The average Bonchev–Trinajstić information content (AvgIpc) is 3.36. The van der Waals surface area contributed by atoms with Gasteiger partial charge in [0.15, 0.2) is 5.69 Å². The summed E-state index contributed by atoms with van der Waals surface area (Å²) in [5.74, 6) is 0.479. The van der Waals surface area contributed by atoms with Crippen LogP contribution in [0.25, 0.3) is 5.69 Å². The van der Waals surface area contributed by atoms with Crippen LogP contribution in [0.3, 0.4) is 0 Å². The van der Waals surface area contributed by atoms with Crippen LogP contribution in [0.4, 0.5) is 0 Å². The molecule has 2 aromatic rings. The Hall–Kier alpha value is -1.96. The van der Waals surface area contributed by atoms with Gasteiger partial charge in [0.1, 0.15) is 0 Å². The molecule has 4 rings (SSSR count). The zero-order valence-electron chi connectivity index (χ0n) is 15.2. The lowest BCUT2D eigenvalue weighted by Gasteiger charge is -2.33. The highest BCUT2D eigenvalue weighted by atomic mass is 35.5. The van der Waals surface area contributed by atoms with Crippen LogP contribution in [-0.2, 0) is 4.74 Å². The fourth-order valence-electron chi connectivity index (χ4n) is 3.73. The molecule has 3 heterocycles. The third kappa shape index (κ3) is 4.48. The summed E-state index contributed by atoms with van der Waals surface area (Å²) in [7, 11) is 0. The van der Waals surface area contributed by atoms with Gasteiger partial charge >= 0.3 is 0 Å². The second-order valence-corrected chi connectivity index (χ2v) is 7.68. The van der Waals surface area contributed by atoms with E-state index in [-0.39, 0.29) is 11.9 Å². The van der Waals surface area contributed by atoms with Crippen LogP contribution in [0.1, 0.15) is 29.8 Å². The van der Waals surface area contributed by atoms with Crippen molar-refractivity contribution in [3.05, 3.63) is 41.2 Å². The van der Waals surface area contributed by atoms with Crippen molar-refractivity contribution in [2.45, 2.75) is 25.3 Å². The Morgan fingerprint density at radius 3 is 2.81 bits per heavy atom. The number of rotatable bonds is 5. The number of nitrogens with zero attached hydrogens (tertiary/aromatic N) is 4. The number of hydrogen-bond donors (Lipinski definition) is 1. The summed E-state index contributed by atoms with van der Waals surface area (Å²) in [4.78, 5) is 15.0. The Kier molecular flexibility index (Phi) is 5.71. The van der Waals surface area contributed by atoms with Crippen LogP contribution in [0.2, 0.25) is 5.02 Å². The van der Waals surface area contributed by atoms with Crippen molar-refractivity contribution in [1.82, 2.24) is 25.2 Å². The first kappa shape index (κ1) is 18.4. The maximum Gasteiger partial charge on any atom is 0.273 e. The summed E-state index contributed by atoms with van der Waals surface area (Å²) in [6.45, 7) is 4.90. The first-order chi connectivity index (χ1) is 13.2. The Balaban J connectivity index is 1.29. The van der Waals surface area contributed by atoms with Gasteiger partial charge in [-0.25, -0.2) is 4.68 Å². The number of likely N-dealkylation sites (tertiary alicyclic amines) is 1. The number of ether oxygens (including phenoxy) is 1. The molecular formula is C19H24ClN5O2. The Morgan fingerprint density at radius 2 is 2.07 bits per heavy atom. The van der Waals surface area contributed by atoms with E-state index in [9.17, 15) is 4.79 Å². The molecule has 0 bridgehead atoms. The molecule has 2 aliphatic rings. The molecule has 27 heavy (non-hydrogen) atoms. The van der Waals surface area contributed by atoms with Crippen LogP contribution >= 0.6 is 11.6 Å². The van der Waals surface area contributed by atoms with E-state index in [1.807, 2.05) is 18.2 Å². The highest BCUT2D eigenvalue weighted by Gasteiger charge is 2.25. The summed E-state index contributed by atoms with van der Waals surface area (Å²) in [5.41, 5.74) is 1.01. The summed E-state index contributed by atoms with van der Waals surface area (Å²) in [6.07, 6.45) is 4.69. The van der Waals surface area contributed by atoms with Crippen LogP contribution in [0, 0.1) is 5.92 Å². The van der Waals surface area contributed by atoms with E-state index in [1.165, 1.54) is 4.68 Å². The van der Waals surface area contributed by atoms with Gasteiger partial charge in [-0.1, -0.05) is 28.9 Å². The quantitative estimate of drug-likeness (QED) is 0.848. The van der Waals surface area contributed by atoms with Gasteiger partial charge in [-0.05, 0) is 37.3 Å². The molecule has 1 atom stereocenters. The number of nitrogens with one attached hydrogen (secondary N) is 1. The van der Waals surface area contributed by atoms with Crippen LogP contribution in [0.5, 0.6) is 0 Å². The molecule has 2 saturated heterocycles. The first-order valence-electron chi connectivity index (χ1n) is 9.47. The molecule has 1 N–H and O–H groups in total. The highest BCUT2D eigenvalue weighted by molar-refractivity contribution is 6.32. The number of benzene rings is 1. The zero-order valence-corrected chi connectivity index (χ0v) is 15.9. The van der Waals surface area contributed by atoms with E-state index in [4.69, 9.17) is 16.3 Å². The number of piperidine rings is 1. The molecule has 144 valence electrons. The highest BCUT2D eigenvalue weighted by Crippen LogP contribution is 2.20. The summed E-state index contributed by atoms with van der Waals surface area (Å²) < 4.78 is 6.99. The lowest BCUT2D eigenvalue weighted by molar-refractivity contribution is 0.0898. The Labute approximate surface area is 163 Å².